The predicted molar refractivity (Wildman–Crippen MR) is 102 cm³/mol. The van der Waals surface area contributed by atoms with Crippen LogP contribution in [0.25, 0.3) is 0 Å². The monoisotopic (exact) mass is 411 g/mol. The van der Waals surface area contributed by atoms with E-state index in [-0.39, 0.29) is 5.82 Å². The van der Waals surface area contributed by atoms with Crippen molar-refractivity contribution >= 4 is 35.3 Å². The van der Waals surface area contributed by atoms with Crippen LogP contribution in [0.4, 0.5) is 4.39 Å². The molecule has 144 valence electrons. The normalized spacial score (nSPS) is 14.1. The summed E-state index contributed by atoms with van der Waals surface area (Å²) in [5.41, 5.74) is 1.14. The Morgan fingerprint density at radius 1 is 1.04 bits per heavy atom. The largest absolute Gasteiger partial charge is 0.473 e. The first-order chi connectivity index (χ1) is 12.9. The molecule has 5 nitrogen and oxygen atoms in total. The molecule has 3 rings (SSSR count). The van der Waals surface area contributed by atoms with E-state index in [9.17, 15) is 4.39 Å². The number of nitrogens with one attached hydrogen (secondary N) is 1. The molecule has 0 atom stereocenters. The molecular formula is C19H19ClFNO4S. The number of carbonyl (C=O) groups is 2. The third-order valence-corrected chi connectivity index (χ3v) is 5.33. The van der Waals surface area contributed by atoms with Gasteiger partial charge in [0.05, 0.1) is 0 Å². The minimum Gasteiger partial charge on any atom is -0.473 e. The van der Waals surface area contributed by atoms with Crippen LogP contribution in [0.5, 0.6) is 0 Å². The Kier molecular flexibility index (Phi) is 8.09. The second-order valence-corrected chi connectivity index (χ2v) is 7.42. The lowest BCUT2D eigenvalue weighted by Gasteiger charge is -2.25. The Hall–Kier alpha value is -2.09. The smallest absolute Gasteiger partial charge is 0.414 e. The average molecular weight is 412 g/mol. The Bertz CT molecular complexity index is 783. The van der Waals surface area contributed by atoms with E-state index < -0.39 is 11.9 Å². The molecule has 27 heavy (non-hydrogen) atoms. The maximum Gasteiger partial charge on any atom is 0.414 e. The molecule has 0 radical (unpaired) electrons. The summed E-state index contributed by atoms with van der Waals surface area (Å²) in [5, 5.41) is 18.9. The van der Waals surface area contributed by atoms with Crippen molar-refractivity contribution in [2.75, 3.05) is 13.1 Å². The summed E-state index contributed by atoms with van der Waals surface area (Å²) in [5.74, 6) is -3.36. The zero-order valence-corrected chi connectivity index (χ0v) is 15.9. The van der Waals surface area contributed by atoms with Crippen molar-refractivity contribution in [2.24, 2.45) is 0 Å². The molecular weight excluding hydrogens is 393 g/mol. The van der Waals surface area contributed by atoms with Gasteiger partial charge in [0.15, 0.2) is 0 Å². The number of carboxylic acids is 2. The molecule has 3 N–H and O–H groups in total. The van der Waals surface area contributed by atoms with Crippen molar-refractivity contribution in [1.29, 1.82) is 0 Å². The summed E-state index contributed by atoms with van der Waals surface area (Å²) in [7, 11) is 0. The molecule has 0 bridgehead atoms. The SMILES string of the molecule is Fc1ccc(Sc2ccc(Cl)cc2)c(C2CCNCC2)c1.O=C(O)C(=O)O. The van der Waals surface area contributed by atoms with Crippen LogP contribution in [0.1, 0.15) is 24.3 Å². The van der Waals surface area contributed by atoms with Gasteiger partial charge in [0.25, 0.3) is 0 Å². The van der Waals surface area contributed by atoms with Gasteiger partial charge in [0, 0.05) is 14.8 Å². The van der Waals surface area contributed by atoms with Crippen LogP contribution >= 0.6 is 23.4 Å². The first kappa shape index (κ1) is 21.2. The topological polar surface area (TPSA) is 86.6 Å². The number of rotatable bonds is 3. The van der Waals surface area contributed by atoms with Crippen LogP contribution in [0.15, 0.2) is 52.3 Å². The minimum absolute atomic E-state index is 0.149. The van der Waals surface area contributed by atoms with E-state index in [0.717, 1.165) is 46.3 Å². The van der Waals surface area contributed by atoms with Crippen molar-refractivity contribution in [2.45, 2.75) is 28.6 Å². The number of piperidine rings is 1. The Morgan fingerprint density at radius 3 is 2.19 bits per heavy atom. The Labute approximate surface area is 165 Å². The third-order valence-electron chi connectivity index (χ3n) is 3.98. The maximum absolute atomic E-state index is 13.7. The minimum atomic E-state index is -1.82. The third kappa shape index (κ3) is 6.86. The van der Waals surface area contributed by atoms with E-state index in [0.29, 0.717) is 5.92 Å². The molecule has 1 aliphatic heterocycles. The van der Waals surface area contributed by atoms with Gasteiger partial charge in [0.1, 0.15) is 5.82 Å². The number of hydrogen-bond acceptors (Lipinski definition) is 4. The number of hydrogen-bond donors (Lipinski definition) is 3. The zero-order valence-electron chi connectivity index (χ0n) is 14.3. The van der Waals surface area contributed by atoms with Gasteiger partial charge in [-0.25, -0.2) is 14.0 Å². The van der Waals surface area contributed by atoms with Gasteiger partial charge < -0.3 is 15.5 Å². The van der Waals surface area contributed by atoms with Gasteiger partial charge in [-0.1, -0.05) is 23.4 Å². The van der Waals surface area contributed by atoms with Crippen molar-refractivity contribution in [3.63, 3.8) is 0 Å². The number of benzene rings is 2. The van der Waals surface area contributed by atoms with Crippen LogP contribution in [0.2, 0.25) is 5.02 Å². The van der Waals surface area contributed by atoms with E-state index in [2.05, 4.69) is 5.32 Å². The first-order valence-corrected chi connectivity index (χ1v) is 9.46. The van der Waals surface area contributed by atoms with Crippen LogP contribution in [0, 0.1) is 5.82 Å². The summed E-state index contributed by atoms with van der Waals surface area (Å²) in [6.45, 7) is 2.01. The molecule has 0 unspecified atom stereocenters. The molecule has 1 saturated heterocycles. The van der Waals surface area contributed by atoms with Crippen molar-refractivity contribution in [3.8, 4) is 0 Å². The second-order valence-electron chi connectivity index (χ2n) is 5.87. The Morgan fingerprint density at radius 2 is 1.63 bits per heavy atom. The molecule has 0 aliphatic carbocycles. The van der Waals surface area contributed by atoms with Gasteiger partial charge in [-0.2, -0.15) is 0 Å². The molecule has 1 heterocycles. The Balaban J connectivity index is 0.000000380. The van der Waals surface area contributed by atoms with Crippen molar-refractivity contribution < 1.29 is 24.2 Å². The standard InChI is InChI=1S/C17H17ClFNS.C2H2O4/c18-13-1-4-15(5-2-13)21-17-6-3-14(19)11-16(17)12-7-9-20-10-8-12;3-1(4)2(5)6/h1-6,11-12,20H,7-10H2;(H,3,4)(H,5,6). The zero-order chi connectivity index (χ0) is 19.8. The van der Waals surface area contributed by atoms with Gasteiger partial charge >= 0.3 is 11.9 Å². The molecule has 0 saturated carbocycles. The summed E-state index contributed by atoms with van der Waals surface area (Å²) in [4.78, 5) is 20.5. The van der Waals surface area contributed by atoms with Crippen molar-refractivity contribution in [3.05, 3.63) is 58.9 Å². The number of carboxylic acid groups (broad SMARTS) is 2. The fraction of sp³-hybridized carbons (Fsp3) is 0.263. The molecule has 0 amide bonds. The molecule has 8 heteroatoms. The highest BCUT2D eigenvalue weighted by molar-refractivity contribution is 7.99. The number of aliphatic carboxylic acids is 2. The highest BCUT2D eigenvalue weighted by atomic mass is 35.5. The number of halogens is 2. The molecule has 2 aromatic carbocycles. The van der Waals surface area contributed by atoms with E-state index in [1.165, 1.54) is 0 Å². The summed E-state index contributed by atoms with van der Waals surface area (Å²) < 4.78 is 13.7. The van der Waals surface area contributed by atoms with E-state index in [4.69, 9.17) is 31.4 Å². The van der Waals surface area contributed by atoms with Gasteiger partial charge in [0.2, 0.25) is 0 Å². The summed E-state index contributed by atoms with van der Waals surface area (Å²) in [6.07, 6.45) is 2.13. The fourth-order valence-electron chi connectivity index (χ4n) is 2.69. The fourth-order valence-corrected chi connectivity index (χ4v) is 3.83. The van der Waals surface area contributed by atoms with Crippen LogP contribution in [0.3, 0.4) is 0 Å². The van der Waals surface area contributed by atoms with Gasteiger partial charge in [-0.3, -0.25) is 0 Å². The molecule has 0 spiro atoms. The predicted octanol–water partition coefficient (Wildman–Crippen LogP) is 4.25. The molecule has 0 aromatic heterocycles. The molecule has 2 aromatic rings. The first-order valence-electron chi connectivity index (χ1n) is 8.26. The second kappa shape index (κ2) is 10.3. The van der Waals surface area contributed by atoms with Gasteiger partial charge in [-0.05, 0) is 79.9 Å². The van der Waals surface area contributed by atoms with Crippen LogP contribution in [-0.4, -0.2) is 35.2 Å². The van der Waals surface area contributed by atoms with E-state index >= 15 is 0 Å². The van der Waals surface area contributed by atoms with E-state index in [1.54, 1.807) is 23.9 Å². The lowest BCUT2D eigenvalue weighted by atomic mass is 9.90. The molecule has 1 aliphatic rings. The van der Waals surface area contributed by atoms with Crippen LogP contribution < -0.4 is 5.32 Å². The average Bonchev–Trinajstić information content (AvgIpc) is 2.66. The quantitative estimate of drug-likeness (QED) is 0.654. The van der Waals surface area contributed by atoms with E-state index in [1.807, 2.05) is 30.3 Å². The lowest BCUT2D eigenvalue weighted by molar-refractivity contribution is -0.159. The van der Waals surface area contributed by atoms with Crippen LogP contribution in [-0.2, 0) is 9.59 Å². The van der Waals surface area contributed by atoms with Gasteiger partial charge in [-0.15, -0.1) is 0 Å². The summed E-state index contributed by atoms with van der Waals surface area (Å²) in [6, 6.07) is 12.9. The highest BCUT2D eigenvalue weighted by Crippen LogP contribution is 2.37. The summed E-state index contributed by atoms with van der Waals surface area (Å²) >= 11 is 7.60. The maximum atomic E-state index is 13.7. The highest BCUT2D eigenvalue weighted by Gasteiger charge is 2.19. The lowest BCUT2D eigenvalue weighted by Crippen LogP contribution is -2.26. The van der Waals surface area contributed by atoms with Crippen molar-refractivity contribution in [1.82, 2.24) is 5.32 Å². The molecule has 1 fully saturated rings.